The lowest BCUT2D eigenvalue weighted by Crippen LogP contribution is -2.39. The second kappa shape index (κ2) is 10.7. The van der Waals surface area contributed by atoms with Gasteiger partial charge in [-0.3, -0.25) is 4.90 Å². The third kappa shape index (κ3) is 6.89. The maximum absolute atomic E-state index is 5.38. The molecule has 1 fully saturated rings. The number of guanidine groups is 1. The number of aliphatic imine (C=N–C) groups is 1. The molecule has 1 aromatic carbocycles. The minimum atomic E-state index is 0.649. The van der Waals surface area contributed by atoms with E-state index < -0.39 is 0 Å². The highest BCUT2D eigenvalue weighted by atomic mass is 16.3. The van der Waals surface area contributed by atoms with Crippen molar-refractivity contribution in [2.24, 2.45) is 4.99 Å². The van der Waals surface area contributed by atoms with Crippen molar-refractivity contribution in [2.45, 2.75) is 39.3 Å². The standard InChI is InChI=1S/C23H32N4O/c1-19(2)16-25-23(24-12-11-22-6-5-15-28-22)26-17-20-7-9-21(10-8-20)18-27-13-3-4-14-27/h5-10,15H,1,3-4,11-14,16-18H2,2H3,(H2,24,25,26). The van der Waals surface area contributed by atoms with Crippen molar-refractivity contribution in [3.63, 3.8) is 0 Å². The van der Waals surface area contributed by atoms with Crippen LogP contribution < -0.4 is 10.6 Å². The van der Waals surface area contributed by atoms with Gasteiger partial charge in [0.05, 0.1) is 12.8 Å². The second-order valence-corrected chi connectivity index (χ2v) is 7.53. The van der Waals surface area contributed by atoms with Gasteiger partial charge in [-0.2, -0.15) is 0 Å². The summed E-state index contributed by atoms with van der Waals surface area (Å²) in [7, 11) is 0. The Kier molecular flexibility index (Phi) is 7.73. The molecular weight excluding hydrogens is 348 g/mol. The van der Waals surface area contributed by atoms with Crippen LogP contribution in [0.4, 0.5) is 0 Å². The first-order valence-corrected chi connectivity index (χ1v) is 10.2. The molecule has 1 aliphatic rings. The third-order valence-corrected chi connectivity index (χ3v) is 4.85. The fraction of sp³-hybridized carbons (Fsp3) is 0.435. The molecule has 2 aromatic rings. The summed E-state index contributed by atoms with van der Waals surface area (Å²) in [5.41, 5.74) is 3.67. The predicted octanol–water partition coefficient (Wildman–Crippen LogP) is 3.73. The number of hydrogen-bond acceptors (Lipinski definition) is 3. The maximum atomic E-state index is 5.38. The fourth-order valence-corrected chi connectivity index (χ4v) is 3.29. The van der Waals surface area contributed by atoms with Crippen molar-refractivity contribution < 1.29 is 4.42 Å². The Labute approximate surface area is 168 Å². The van der Waals surface area contributed by atoms with Gasteiger partial charge in [-0.15, -0.1) is 0 Å². The van der Waals surface area contributed by atoms with Gasteiger partial charge in [-0.25, -0.2) is 4.99 Å². The van der Waals surface area contributed by atoms with E-state index in [2.05, 4.69) is 46.4 Å². The Morgan fingerprint density at radius 2 is 1.86 bits per heavy atom. The van der Waals surface area contributed by atoms with Gasteiger partial charge < -0.3 is 15.1 Å². The summed E-state index contributed by atoms with van der Waals surface area (Å²) in [4.78, 5) is 7.25. The van der Waals surface area contributed by atoms with Crippen LogP contribution in [-0.2, 0) is 19.5 Å². The molecule has 0 saturated carbocycles. The largest absolute Gasteiger partial charge is 0.469 e. The zero-order valence-electron chi connectivity index (χ0n) is 16.9. The second-order valence-electron chi connectivity index (χ2n) is 7.53. The van der Waals surface area contributed by atoms with Gasteiger partial charge in [0.15, 0.2) is 5.96 Å². The average Bonchev–Trinajstić information content (AvgIpc) is 3.39. The molecule has 0 bridgehead atoms. The molecule has 3 rings (SSSR count). The van der Waals surface area contributed by atoms with Crippen LogP contribution in [0.5, 0.6) is 0 Å². The van der Waals surface area contributed by atoms with E-state index in [1.54, 1.807) is 6.26 Å². The van der Waals surface area contributed by atoms with Gasteiger partial charge >= 0.3 is 0 Å². The van der Waals surface area contributed by atoms with Gasteiger partial charge in [0, 0.05) is 26.1 Å². The average molecular weight is 381 g/mol. The van der Waals surface area contributed by atoms with E-state index in [0.29, 0.717) is 13.1 Å². The van der Waals surface area contributed by atoms with Gasteiger partial charge in [-0.1, -0.05) is 36.4 Å². The summed E-state index contributed by atoms with van der Waals surface area (Å²) >= 11 is 0. The Morgan fingerprint density at radius 3 is 2.54 bits per heavy atom. The van der Waals surface area contributed by atoms with Crippen molar-refractivity contribution in [3.05, 3.63) is 71.7 Å². The van der Waals surface area contributed by atoms with Crippen molar-refractivity contribution in [3.8, 4) is 0 Å². The lowest BCUT2D eigenvalue weighted by atomic mass is 10.1. The molecule has 2 N–H and O–H groups in total. The lowest BCUT2D eigenvalue weighted by molar-refractivity contribution is 0.331. The summed E-state index contributed by atoms with van der Waals surface area (Å²) in [5.74, 6) is 1.77. The minimum absolute atomic E-state index is 0.649. The normalized spacial score (nSPS) is 15.0. The van der Waals surface area contributed by atoms with E-state index in [9.17, 15) is 0 Å². The highest BCUT2D eigenvalue weighted by Crippen LogP contribution is 2.13. The molecule has 0 radical (unpaired) electrons. The van der Waals surface area contributed by atoms with Crippen molar-refractivity contribution in [1.82, 2.24) is 15.5 Å². The first-order valence-electron chi connectivity index (χ1n) is 10.2. The summed E-state index contributed by atoms with van der Waals surface area (Å²) in [5, 5.41) is 6.71. The maximum Gasteiger partial charge on any atom is 0.191 e. The van der Waals surface area contributed by atoms with Crippen LogP contribution in [0.3, 0.4) is 0 Å². The van der Waals surface area contributed by atoms with Crippen LogP contribution in [0.15, 0.2) is 64.2 Å². The smallest absolute Gasteiger partial charge is 0.191 e. The zero-order chi connectivity index (χ0) is 19.6. The number of furan rings is 1. The molecule has 0 unspecified atom stereocenters. The highest BCUT2D eigenvalue weighted by Gasteiger charge is 2.11. The van der Waals surface area contributed by atoms with Gasteiger partial charge in [0.1, 0.15) is 5.76 Å². The molecule has 2 heterocycles. The summed E-state index contributed by atoms with van der Waals surface area (Å²) < 4.78 is 5.38. The van der Waals surface area contributed by atoms with Crippen LogP contribution in [0.2, 0.25) is 0 Å². The topological polar surface area (TPSA) is 52.8 Å². The van der Waals surface area contributed by atoms with E-state index in [1.165, 1.54) is 37.1 Å². The Bertz CT molecular complexity index is 743. The van der Waals surface area contributed by atoms with Gasteiger partial charge in [0.2, 0.25) is 0 Å². The van der Waals surface area contributed by atoms with E-state index >= 15 is 0 Å². The number of rotatable bonds is 9. The molecule has 1 aliphatic heterocycles. The van der Waals surface area contributed by atoms with Crippen LogP contribution in [0, 0.1) is 0 Å². The number of likely N-dealkylation sites (tertiary alicyclic amines) is 1. The SMILES string of the molecule is C=C(C)CNC(=NCc1ccc(CN2CCCC2)cc1)NCCc1ccco1. The highest BCUT2D eigenvalue weighted by molar-refractivity contribution is 5.80. The van der Waals surface area contributed by atoms with E-state index in [4.69, 9.17) is 9.41 Å². The van der Waals surface area contributed by atoms with Gasteiger partial charge in [0.25, 0.3) is 0 Å². The van der Waals surface area contributed by atoms with Crippen LogP contribution >= 0.6 is 0 Å². The lowest BCUT2D eigenvalue weighted by Gasteiger charge is -2.15. The number of nitrogens with zero attached hydrogens (tertiary/aromatic N) is 2. The van der Waals surface area contributed by atoms with Crippen LogP contribution in [0.1, 0.15) is 36.7 Å². The summed E-state index contributed by atoms with van der Waals surface area (Å²) in [6, 6.07) is 12.7. The van der Waals surface area contributed by atoms with Crippen molar-refractivity contribution in [1.29, 1.82) is 0 Å². The van der Waals surface area contributed by atoms with E-state index in [1.807, 2.05) is 19.1 Å². The Balaban J connectivity index is 1.51. The molecule has 1 saturated heterocycles. The quantitative estimate of drug-likeness (QED) is 0.395. The van der Waals surface area contributed by atoms with Crippen LogP contribution in [0.25, 0.3) is 0 Å². The van der Waals surface area contributed by atoms with Crippen molar-refractivity contribution in [2.75, 3.05) is 26.2 Å². The predicted molar refractivity (Wildman–Crippen MR) is 115 cm³/mol. The first-order chi connectivity index (χ1) is 13.7. The summed E-state index contributed by atoms with van der Waals surface area (Å²) in [6.07, 6.45) is 5.20. The molecule has 28 heavy (non-hydrogen) atoms. The zero-order valence-corrected chi connectivity index (χ0v) is 16.9. The molecule has 0 atom stereocenters. The van der Waals surface area contributed by atoms with Crippen molar-refractivity contribution >= 4 is 5.96 Å². The monoisotopic (exact) mass is 380 g/mol. The van der Waals surface area contributed by atoms with Crippen LogP contribution in [-0.4, -0.2) is 37.0 Å². The summed E-state index contributed by atoms with van der Waals surface area (Å²) in [6.45, 7) is 11.6. The molecule has 5 nitrogen and oxygen atoms in total. The van der Waals surface area contributed by atoms with E-state index in [0.717, 1.165) is 36.8 Å². The molecule has 150 valence electrons. The third-order valence-electron chi connectivity index (χ3n) is 4.85. The first kappa shape index (κ1) is 20.2. The minimum Gasteiger partial charge on any atom is -0.469 e. The van der Waals surface area contributed by atoms with Gasteiger partial charge in [-0.05, 0) is 56.1 Å². The fourth-order valence-electron chi connectivity index (χ4n) is 3.29. The molecule has 0 spiro atoms. The molecule has 0 amide bonds. The number of hydrogen-bond donors (Lipinski definition) is 2. The Morgan fingerprint density at radius 1 is 1.11 bits per heavy atom. The Hall–Kier alpha value is -2.53. The number of nitrogens with one attached hydrogen (secondary N) is 2. The molecule has 5 heteroatoms. The van der Waals surface area contributed by atoms with E-state index in [-0.39, 0.29) is 0 Å². The molecule has 1 aromatic heterocycles. The molecule has 0 aliphatic carbocycles. The number of benzene rings is 1. The molecular formula is C23H32N4O.